The van der Waals surface area contributed by atoms with Crippen LogP contribution in [0.15, 0.2) is 140 Å². The fourth-order valence-corrected chi connectivity index (χ4v) is 12.3. The van der Waals surface area contributed by atoms with Gasteiger partial charge in [-0.3, -0.25) is 4.98 Å². The van der Waals surface area contributed by atoms with Crippen molar-refractivity contribution in [3.8, 4) is 11.3 Å². The van der Waals surface area contributed by atoms with Crippen LogP contribution in [0.25, 0.3) is 11.3 Å². The second-order valence-corrected chi connectivity index (χ2v) is 23.8. The normalized spacial score (nSPS) is 19.7. The van der Waals surface area contributed by atoms with E-state index in [9.17, 15) is 0 Å². The van der Waals surface area contributed by atoms with Gasteiger partial charge in [-0.05, 0) is 166 Å². The van der Waals surface area contributed by atoms with E-state index >= 15 is 0 Å². The van der Waals surface area contributed by atoms with Crippen LogP contribution >= 0.6 is 0 Å². The number of rotatable bonds is 4. The van der Waals surface area contributed by atoms with Crippen LogP contribution in [0.3, 0.4) is 0 Å². The largest absolute Gasteiger partial charge is 0.334 e. The highest BCUT2D eigenvalue weighted by Gasteiger charge is 2.58. The second kappa shape index (κ2) is 15.0. The highest BCUT2D eigenvalue weighted by Crippen LogP contribution is 2.61. The summed E-state index contributed by atoms with van der Waals surface area (Å²) in [5.74, 6) is 0. The van der Waals surface area contributed by atoms with Gasteiger partial charge in [0.15, 0.2) is 0 Å². The summed E-state index contributed by atoms with van der Waals surface area (Å²) in [7, 11) is 0. The van der Waals surface area contributed by atoms with E-state index < -0.39 is 0 Å². The fraction of sp³-hybridized carbons (Fsp3) is 0.339. The quantitative estimate of drug-likeness (QED) is 0.164. The first-order valence-corrected chi connectivity index (χ1v) is 24.9. The fourth-order valence-electron chi connectivity index (χ4n) is 12.3. The van der Waals surface area contributed by atoms with Crippen LogP contribution in [0.4, 0.5) is 45.5 Å². The highest BCUT2D eigenvalue weighted by molar-refractivity contribution is 7.00. The predicted octanol–water partition coefficient (Wildman–Crippen LogP) is 14.8. The van der Waals surface area contributed by atoms with Crippen molar-refractivity contribution in [2.75, 3.05) is 14.7 Å². The topological polar surface area (TPSA) is 22.6 Å². The summed E-state index contributed by atoms with van der Waals surface area (Å²) >= 11 is 0. The van der Waals surface area contributed by atoms with E-state index in [0.29, 0.717) is 0 Å². The van der Waals surface area contributed by atoms with Crippen molar-refractivity contribution in [3.05, 3.63) is 167 Å². The standard InChI is InChI=1S/C62H67BN4/c1-40-35-55-57-56(36-40)66(46-26-21-43(22-27-46)59(5,6)7)54-39-47(67-52-30-18-41(51-17-13-16-34-64-51)37-48(52)61(11)32-14-15-33-62(61,67)12)28-29-49(54)63(57)50-38-44(60(8,9)10)23-31-53(50)65(55)45-24-19-42(20-25-45)58(2,3)4/h13,16-31,34-39H,14-15,32-33H2,1-12H3. The predicted molar refractivity (Wildman–Crippen MR) is 287 cm³/mol. The van der Waals surface area contributed by atoms with Crippen LogP contribution in [-0.2, 0) is 21.7 Å². The van der Waals surface area contributed by atoms with Crippen molar-refractivity contribution < 1.29 is 0 Å². The zero-order valence-electron chi connectivity index (χ0n) is 42.0. The minimum atomic E-state index is -0.109. The molecular weight excluding hydrogens is 812 g/mol. The molecule has 0 radical (unpaired) electrons. The molecule has 1 aromatic heterocycles. The molecule has 2 unspecified atom stereocenters. The molecule has 7 aromatic rings. The summed E-state index contributed by atoms with van der Waals surface area (Å²) in [6, 6.07) is 52.0. The summed E-state index contributed by atoms with van der Waals surface area (Å²) < 4.78 is 0. The van der Waals surface area contributed by atoms with Crippen molar-refractivity contribution in [1.29, 1.82) is 0 Å². The summed E-state index contributed by atoms with van der Waals surface area (Å²) in [6.45, 7) is 28.3. The SMILES string of the molecule is Cc1cc2c3c(c1)N(c1ccc(C(C)(C)C)cc1)c1cc(N4c5ccc(-c6ccccn6)cc5C5(C)CCCCC45C)ccc1B3c1cc(C(C)(C)C)ccc1N2c1ccc(C(C)(C)C)cc1. The number of aryl methyl sites for hydroxylation is 1. The lowest BCUT2D eigenvalue weighted by Crippen LogP contribution is -2.61. The molecule has 0 amide bonds. The molecule has 0 N–H and O–H groups in total. The molecule has 2 atom stereocenters. The Hall–Kier alpha value is -6.07. The molecule has 4 aliphatic rings. The lowest BCUT2D eigenvalue weighted by Gasteiger charge is -2.50. The van der Waals surface area contributed by atoms with Gasteiger partial charge in [-0.2, -0.15) is 0 Å². The third-order valence-corrected chi connectivity index (χ3v) is 16.4. The van der Waals surface area contributed by atoms with Crippen LogP contribution in [0.1, 0.15) is 130 Å². The molecular formula is C62H67BN4. The number of hydrogen-bond donors (Lipinski definition) is 0. The van der Waals surface area contributed by atoms with Crippen molar-refractivity contribution in [1.82, 2.24) is 4.98 Å². The zero-order chi connectivity index (χ0) is 47.0. The number of pyridine rings is 1. The van der Waals surface area contributed by atoms with Gasteiger partial charge in [0.1, 0.15) is 0 Å². The number of aromatic nitrogens is 1. The van der Waals surface area contributed by atoms with Crippen LogP contribution in [-0.4, -0.2) is 17.2 Å². The number of fused-ring (bicyclic) bond motifs is 7. The molecule has 1 fully saturated rings. The Balaban J connectivity index is 1.17. The Kier molecular flexibility index (Phi) is 9.72. The van der Waals surface area contributed by atoms with Gasteiger partial charge in [0.2, 0.25) is 0 Å². The van der Waals surface area contributed by atoms with Crippen LogP contribution in [0, 0.1) is 6.92 Å². The van der Waals surface area contributed by atoms with Crippen molar-refractivity contribution in [2.45, 2.75) is 136 Å². The van der Waals surface area contributed by atoms with Crippen molar-refractivity contribution in [2.24, 2.45) is 0 Å². The summed E-state index contributed by atoms with van der Waals surface area (Å²) in [6.07, 6.45) is 6.67. The summed E-state index contributed by atoms with van der Waals surface area (Å²) in [5, 5.41) is 0. The molecule has 11 rings (SSSR count). The second-order valence-electron chi connectivity index (χ2n) is 23.8. The third-order valence-electron chi connectivity index (χ3n) is 16.4. The van der Waals surface area contributed by atoms with Gasteiger partial charge in [-0.25, -0.2) is 0 Å². The minimum absolute atomic E-state index is 0.0194. The van der Waals surface area contributed by atoms with E-state index in [4.69, 9.17) is 4.98 Å². The number of anilines is 8. The Morgan fingerprint density at radius 3 is 1.67 bits per heavy atom. The zero-order valence-corrected chi connectivity index (χ0v) is 42.0. The van der Waals surface area contributed by atoms with Gasteiger partial charge < -0.3 is 14.7 Å². The minimum Gasteiger partial charge on any atom is -0.334 e. The molecule has 4 nitrogen and oxygen atoms in total. The summed E-state index contributed by atoms with van der Waals surface area (Å²) in [5.41, 5.74) is 22.9. The number of nitrogens with zero attached hydrogens (tertiary/aromatic N) is 4. The lowest BCUT2D eigenvalue weighted by atomic mass is 9.33. The summed E-state index contributed by atoms with van der Waals surface area (Å²) in [4.78, 5) is 12.7. The Labute approximate surface area is 401 Å². The Morgan fingerprint density at radius 1 is 0.507 bits per heavy atom. The van der Waals surface area contributed by atoms with Gasteiger partial charge in [-0.15, -0.1) is 0 Å². The molecule has 0 saturated heterocycles. The Morgan fingerprint density at radius 2 is 1.07 bits per heavy atom. The first-order valence-electron chi connectivity index (χ1n) is 24.9. The molecule has 1 aliphatic carbocycles. The van der Waals surface area contributed by atoms with E-state index in [2.05, 4.69) is 225 Å². The van der Waals surface area contributed by atoms with E-state index in [-0.39, 0.29) is 33.9 Å². The van der Waals surface area contributed by atoms with Crippen LogP contribution < -0.4 is 31.1 Å². The average molecular weight is 879 g/mol. The maximum Gasteiger partial charge on any atom is 0.252 e. The van der Waals surface area contributed by atoms with E-state index in [1.165, 1.54) is 108 Å². The van der Waals surface area contributed by atoms with Gasteiger partial charge in [0.25, 0.3) is 6.71 Å². The molecule has 67 heavy (non-hydrogen) atoms. The molecule has 3 aliphatic heterocycles. The molecule has 338 valence electrons. The molecule has 5 heteroatoms. The monoisotopic (exact) mass is 879 g/mol. The maximum absolute atomic E-state index is 4.80. The lowest BCUT2D eigenvalue weighted by molar-refractivity contribution is 0.195. The smallest absolute Gasteiger partial charge is 0.252 e. The molecule has 0 spiro atoms. The van der Waals surface area contributed by atoms with Gasteiger partial charge >= 0.3 is 0 Å². The van der Waals surface area contributed by atoms with E-state index in [1.807, 2.05) is 12.3 Å². The van der Waals surface area contributed by atoms with Crippen LogP contribution in [0.2, 0.25) is 0 Å². The van der Waals surface area contributed by atoms with Crippen molar-refractivity contribution >= 4 is 68.6 Å². The number of hydrogen-bond acceptors (Lipinski definition) is 4. The average Bonchev–Trinajstić information content (AvgIpc) is 3.50. The molecule has 4 heterocycles. The first kappa shape index (κ1) is 43.5. The highest BCUT2D eigenvalue weighted by atomic mass is 15.3. The Bertz CT molecular complexity index is 3080. The van der Waals surface area contributed by atoms with Gasteiger partial charge in [0.05, 0.1) is 11.2 Å². The van der Waals surface area contributed by atoms with E-state index in [0.717, 1.165) is 18.5 Å². The number of benzene rings is 6. The van der Waals surface area contributed by atoms with Gasteiger partial charge in [-0.1, -0.05) is 137 Å². The van der Waals surface area contributed by atoms with Crippen LogP contribution in [0.5, 0.6) is 0 Å². The third kappa shape index (κ3) is 6.73. The van der Waals surface area contributed by atoms with Gasteiger partial charge in [0, 0.05) is 62.7 Å². The van der Waals surface area contributed by atoms with Crippen molar-refractivity contribution in [3.63, 3.8) is 0 Å². The van der Waals surface area contributed by atoms with E-state index in [1.54, 1.807) is 0 Å². The maximum atomic E-state index is 4.80. The molecule has 0 bridgehead atoms. The molecule has 6 aromatic carbocycles. The first-order chi connectivity index (χ1) is 31.8. The molecule has 1 saturated carbocycles.